The van der Waals surface area contributed by atoms with E-state index in [0.717, 1.165) is 10.9 Å². The zero-order valence-corrected chi connectivity index (χ0v) is 12.1. The Labute approximate surface area is 126 Å². The van der Waals surface area contributed by atoms with E-state index in [-0.39, 0.29) is 22.8 Å². The van der Waals surface area contributed by atoms with Crippen LogP contribution in [0.15, 0.2) is 42.5 Å². The van der Waals surface area contributed by atoms with Crippen molar-refractivity contribution in [2.24, 2.45) is 7.05 Å². The Bertz CT molecular complexity index is 821. The number of ketones is 1. The van der Waals surface area contributed by atoms with Gasteiger partial charge in [-0.1, -0.05) is 35.9 Å². The van der Waals surface area contributed by atoms with Gasteiger partial charge in [-0.25, -0.2) is 4.39 Å². The molecule has 1 heterocycles. The number of carbonyl (C=O) groups is 1. The third-order valence-electron chi connectivity index (χ3n) is 3.40. The van der Waals surface area contributed by atoms with E-state index >= 15 is 0 Å². The Balaban J connectivity index is 2.01. The van der Waals surface area contributed by atoms with Crippen LogP contribution in [0.4, 0.5) is 4.39 Å². The van der Waals surface area contributed by atoms with E-state index in [1.807, 2.05) is 31.3 Å². The van der Waals surface area contributed by atoms with E-state index < -0.39 is 5.82 Å². The normalized spacial score (nSPS) is 11.0. The molecule has 0 fully saturated rings. The number of rotatable bonds is 3. The monoisotopic (exact) mass is 302 g/mol. The van der Waals surface area contributed by atoms with E-state index in [1.54, 1.807) is 4.68 Å². The van der Waals surface area contributed by atoms with Crippen LogP contribution in [0.2, 0.25) is 5.02 Å². The van der Waals surface area contributed by atoms with Crippen molar-refractivity contribution in [1.29, 1.82) is 0 Å². The van der Waals surface area contributed by atoms with Gasteiger partial charge in [0, 0.05) is 12.4 Å². The number of halogens is 2. The topological polar surface area (TPSA) is 34.9 Å². The molecule has 3 nitrogen and oxygen atoms in total. The highest BCUT2D eigenvalue weighted by molar-refractivity contribution is 6.34. The summed E-state index contributed by atoms with van der Waals surface area (Å²) in [6, 6.07) is 11.8. The summed E-state index contributed by atoms with van der Waals surface area (Å²) in [4.78, 5) is 12.3. The number of aromatic nitrogens is 2. The molecule has 0 saturated carbocycles. The summed E-state index contributed by atoms with van der Waals surface area (Å²) in [5, 5.41) is 5.36. The van der Waals surface area contributed by atoms with Gasteiger partial charge in [-0.3, -0.25) is 9.48 Å². The second-order valence-corrected chi connectivity index (χ2v) is 5.19. The second kappa shape index (κ2) is 5.30. The van der Waals surface area contributed by atoms with E-state index in [1.165, 1.54) is 18.2 Å². The van der Waals surface area contributed by atoms with Gasteiger partial charge in [-0.15, -0.1) is 0 Å². The predicted molar refractivity (Wildman–Crippen MR) is 80.2 cm³/mol. The molecule has 0 atom stereocenters. The molecule has 21 heavy (non-hydrogen) atoms. The van der Waals surface area contributed by atoms with Crippen LogP contribution >= 0.6 is 11.6 Å². The summed E-state index contributed by atoms with van der Waals surface area (Å²) in [6.45, 7) is 0. The van der Waals surface area contributed by atoms with Gasteiger partial charge >= 0.3 is 0 Å². The summed E-state index contributed by atoms with van der Waals surface area (Å²) in [5.41, 5.74) is 1.48. The van der Waals surface area contributed by atoms with Gasteiger partial charge in [0.2, 0.25) is 0 Å². The minimum absolute atomic E-state index is 0.0159. The van der Waals surface area contributed by atoms with Gasteiger partial charge in [-0.2, -0.15) is 5.10 Å². The van der Waals surface area contributed by atoms with Gasteiger partial charge in [0.15, 0.2) is 5.78 Å². The van der Waals surface area contributed by atoms with Crippen LogP contribution in [0.3, 0.4) is 0 Å². The van der Waals surface area contributed by atoms with Crippen LogP contribution in [0, 0.1) is 5.82 Å². The molecule has 0 radical (unpaired) electrons. The van der Waals surface area contributed by atoms with Gasteiger partial charge in [-0.05, 0) is 18.2 Å². The minimum Gasteiger partial charge on any atom is -0.294 e. The molecule has 3 aromatic rings. The quantitative estimate of drug-likeness (QED) is 0.690. The molecule has 0 aliphatic heterocycles. The Kier molecular flexibility index (Phi) is 3.47. The zero-order valence-electron chi connectivity index (χ0n) is 11.3. The van der Waals surface area contributed by atoms with Gasteiger partial charge < -0.3 is 0 Å². The SMILES string of the molecule is Cn1nc(CC(=O)c2c(F)cccc2Cl)c2ccccc21. The number of Topliss-reactive ketones (excluding diaryl/α,β-unsaturated/α-hetero) is 1. The lowest BCUT2D eigenvalue weighted by Gasteiger charge is -2.03. The first-order valence-corrected chi connectivity index (χ1v) is 6.83. The largest absolute Gasteiger partial charge is 0.294 e. The fourth-order valence-corrected chi connectivity index (χ4v) is 2.69. The lowest BCUT2D eigenvalue weighted by atomic mass is 10.0. The molecule has 0 saturated heterocycles. The molecule has 0 N–H and O–H groups in total. The Morgan fingerprint density at radius 2 is 2.00 bits per heavy atom. The molecular formula is C16H12ClFN2O. The van der Waals surface area contributed by atoms with Crippen molar-refractivity contribution in [1.82, 2.24) is 9.78 Å². The molecule has 0 spiro atoms. The number of para-hydroxylation sites is 1. The molecule has 0 bridgehead atoms. The molecule has 5 heteroatoms. The Hall–Kier alpha value is -2.20. The van der Waals surface area contributed by atoms with E-state index in [9.17, 15) is 9.18 Å². The summed E-state index contributed by atoms with van der Waals surface area (Å²) < 4.78 is 15.5. The number of aryl methyl sites for hydroxylation is 1. The van der Waals surface area contributed by atoms with Crippen molar-refractivity contribution in [3.05, 3.63) is 64.6 Å². The smallest absolute Gasteiger partial charge is 0.173 e. The van der Waals surface area contributed by atoms with Crippen molar-refractivity contribution in [2.45, 2.75) is 6.42 Å². The molecule has 3 rings (SSSR count). The standard InChI is InChI=1S/C16H12ClFN2O/c1-20-14-8-3-2-5-10(14)13(19-20)9-15(21)16-11(17)6-4-7-12(16)18/h2-8H,9H2,1H3. The van der Waals surface area contributed by atoms with Crippen LogP contribution in [0.5, 0.6) is 0 Å². The van der Waals surface area contributed by atoms with E-state index in [2.05, 4.69) is 5.10 Å². The van der Waals surface area contributed by atoms with Crippen LogP contribution in [0.1, 0.15) is 16.1 Å². The van der Waals surface area contributed by atoms with Crippen molar-refractivity contribution >= 4 is 28.3 Å². The summed E-state index contributed by atoms with van der Waals surface area (Å²) in [5.74, 6) is -0.977. The Morgan fingerprint density at radius 1 is 1.24 bits per heavy atom. The highest BCUT2D eigenvalue weighted by Crippen LogP contribution is 2.23. The van der Waals surface area contributed by atoms with Crippen LogP contribution in [-0.2, 0) is 13.5 Å². The van der Waals surface area contributed by atoms with E-state index in [4.69, 9.17) is 11.6 Å². The van der Waals surface area contributed by atoms with Crippen LogP contribution < -0.4 is 0 Å². The fraction of sp³-hybridized carbons (Fsp3) is 0.125. The average Bonchev–Trinajstić information content (AvgIpc) is 2.76. The maximum atomic E-state index is 13.8. The maximum absolute atomic E-state index is 13.8. The maximum Gasteiger partial charge on any atom is 0.173 e. The summed E-state index contributed by atoms with van der Waals surface area (Å²) in [7, 11) is 1.81. The van der Waals surface area contributed by atoms with Crippen molar-refractivity contribution in [2.75, 3.05) is 0 Å². The summed E-state index contributed by atoms with van der Waals surface area (Å²) in [6.07, 6.45) is 0.0159. The molecule has 0 amide bonds. The second-order valence-electron chi connectivity index (χ2n) is 4.78. The van der Waals surface area contributed by atoms with Gasteiger partial charge in [0.1, 0.15) is 5.82 Å². The fourth-order valence-electron chi connectivity index (χ4n) is 2.42. The third-order valence-corrected chi connectivity index (χ3v) is 3.72. The molecule has 0 aliphatic rings. The molecule has 0 aliphatic carbocycles. The lowest BCUT2D eigenvalue weighted by Crippen LogP contribution is -2.08. The first-order chi connectivity index (χ1) is 10.1. The number of hydrogen-bond donors (Lipinski definition) is 0. The van der Waals surface area contributed by atoms with Crippen molar-refractivity contribution in [3.8, 4) is 0 Å². The third kappa shape index (κ3) is 2.43. The highest BCUT2D eigenvalue weighted by atomic mass is 35.5. The zero-order chi connectivity index (χ0) is 15.0. The van der Waals surface area contributed by atoms with Crippen molar-refractivity contribution < 1.29 is 9.18 Å². The minimum atomic E-state index is -0.604. The first kappa shape index (κ1) is 13.8. The van der Waals surface area contributed by atoms with Gasteiger partial charge in [0.05, 0.1) is 28.2 Å². The lowest BCUT2D eigenvalue weighted by molar-refractivity contribution is 0.0988. The van der Waals surface area contributed by atoms with Gasteiger partial charge in [0.25, 0.3) is 0 Å². The number of nitrogens with zero attached hydrogens (tertiary/aromatic N) is 2. The molecule has 106 valence electrons. The van der Waals surface area contributed by atoms with E-state index in [0.29, 0.717) is 5.69 Å². The molecular weight excluding hydrogens is 291 g/mol. The number of fused-ring (bicyclic) bond motifs is 1. The predicted octanol–water partition coefficient (Wildman–Crippen LogP) is 3.79. The first-order valence-electron chi connectivity index (χ1n) is 6.45. The number of hydrogen-bond acceptors (Lipinski definition) is 2. The number of benzene rings is 2. The molecule has 1 aromatic heterocycles. The Morgan fingerprint density at radius 3 is 2.76 bits per heavy atom. The molecule has 2 aromatic carbocycles. The van der Waals surface area contributed by atoms with Crippen LogP contribution in [-0.4, -0.2) is 15.6 Å². The average molecular weight is 303 g/mol. The van der Waals surface area contributed by atoms with Crippen molar-refractivity contribution in [3.63, 3.8) is 0 Å². The number of carbonyl (C=O) groups excluding carboxylic acids is 1. The summed E-state index contributed by atoms with van der Waals surface area (Å²) >= 11 is 5.93. The van der Waals surface area contributed by atoms with Crippen LogP contribution in [0.25, 0.3) is 10.9 Å². The highest BCUT2D eigenvalue weighted by Gasteiger charge is 2.19. The molecule has 0 unspecified atom stereocenters.